The van der Waals surface area contributed by atoms with E-state index in [-0.39, 0.29) is 5.70 Å². The molecule has 2 aromatic rings. The summed E-state index contributed by atoms with van der Waals surface area (Å²) in [6.07, 6.45) is 4.38. The highest BCUT2D eigenvalue weighted by atomic mass is 32.2. The highest BCUT2D eigenvalue weighted by Crippen LogP contribution is 2.41. The van der Waals surface area contributed by atoms with Crippen molar-refractivity contribution in [1.29, 1.82) is 0 Å². The Bertz CT molecular complexity index is 1160. The van der Waals surface area contributed by atoms with Crippen LogP contribution >= 0.6 is 34.9 Å². The number of rotatable bonds is 12. The minimum atomic E-state index is -1.20. The number of aromatic nitrogens is 3. The van der Waals surface area contributed by atoms with E-state index in [1.807, 2.05) is 0 Å². The van der Waals surface area contributed by atoms with Crippen molar-refractivity contribution in [1.82, 2.24) is 36.3 Å². The minimum Gasteiger partial charge on any atom is -0.477 e. The zero-order valence-corrected chi connectivity index (χ0v) is 22.4. The third kappa shape index (κ3) is 6.27. The molecule has 12 nitrogen and oxygen atoms in total. The van der Waals surface area contributed by atoms with Gasteiger partial charge in [-0.3, -0.25) is 14.5 Å². The van der Waals surface area contributed by atoms with Crippen LogP contribution in [-0.4, -0.2) is 78.7 Å². The topological polar surface area (TPSA) is 169 Å². The van der Waals surface area contributed by atoms with Gasteiger partial charge in [-0.15, -0.1) is 28.2 Å². The lowest BCUT2D eigenvalue weighted by molar-refractivity contribution is -0.150. The van der Waals surface area contributed by atoms with E-state index in [0.29, 0.717) is 33.5 Å². The first-order valence-electron chi connectivity index (χ1n) is 11.7. The maximum atomic E-state index is 13.2. The second kappa shape index (κ2) is 12.5. The van der Waals surface area contributed by atoms with Crippen LogP contribution in [-0.2, 0) is 14.4 Å². The van der Waals surface area contributed by atoms with Crippen LogP contribution in [0.3, 0.4) is 0 Å². The lowest BCUT2D eigenvalue weighted by Gasteiger charge is -2.49. The van der Waals surface area contributed by atoms with Crippen molar-refractivity contribution in [2.24, 2.45) is 0 Å². The van der Waals surface area contributed by atoms with E-state index in [1.54, 1.807) is 17.5 Å². The summed E-state index contributed by atoms with van der Waals surface area (Å²) in [5.41, 5.74) is 0.535. The number of H-pyrrole nitrogens is 1. The predicted molar refractivity (Wildman–Crippen MR) is 140 cm³/mol. The van der Waals surface area contributed by atoms with Gasteiger partial charge in [-0.25, -0.2) is 9.59 Å². The summed E-state index contributed by atoms with van der Waals surface area (Å²) in [6, 6.07) is 1.17. The first-order chi connectivity index (χ1) is 17.9. The second-order valence-electron chi connectivity index (χ2n) is 8.31. The number of hydrogen-bond acceptors (Lipinski definition) is 9. The molecule has 0 saturated carbocycles. The van der Waals surface area contributed by atoms with E-state index in [0.717, 1.165) is 19.3 Å². The number of urea groups is 1. The van der Waals surface area contributed by atoms with Crippen LogP contribution in [0.25, 0.3) is 0 Å². The van der Waals surface area contributed by atoms with E-state index >= 15 is 0 Å². The number of thioether (sulfide) groups is 2. The molecule has 4 amide bonds. The molecule has 2 aliphatic rings. The van der Waals surface area contributed by atoms with E-state index in [1.165, 1.54) is 46.0 Å². The molecule has 15 heteroatoms. The van der Waals surface area contributed by atoms with Crippen LogP contribution in [0.1, 0.15) is 37.1 Å². The normalized spacial score (nSPS) is 19.6. The number of thiophene rings is 1. The van der Waals surface area contributed by atoms with Crippen molar-refractivity contribution in [2.75, 3.05) is 18.1 Å². The molecule has 37 heavy (non-hydrogen) atoms. The molecule has 2 aliphatic heterocycles. The van der Waals surface area contributed by atoms with Gasteiger partial charge in [0.05, 0.1) is 6.20 Å². The smallest absolute Gasteiger partial charge is 0.352 e. The number of aromatic amines is 1. The van der Waals surface area contributed by atoms with Crippen molar-refractivity contribution < 1.29 is 24.3 Å². The summed E-state index contributed by atoms with van der Waals surface area (Å²) in [4.78, 5) is 52.6. The van der Waals surface area contributed by atoms with Gasteiger partial charge in [0.25, 0.3) is 5.91 Å². The van der Waals surface area contributed by atoms with Crippen LogP contribution in [0.5, 0.6) is 0 Å². The summed E-state index contributed by atoms with van der Waals surface area (Å²) in [5.74, 6) is -1.50. The molecule has 0 radical (unpaired) electrons. The van der Waals surface area contributed by atoms with Crippen molar-refractivity contribution in [3.05, 3.63) is 39.9 Å². The number of β-lactam (4-membered cyclic amide) rings is 1. The monoisotopic (exact) mass is 565 g/mol. The fourth-order valence-electron chi connectivity index (χ4n) is 3.93. The fourth-order valence-corrected chi connectivity index (χ4v) is 6.98. The average molecular weight is 566 g/mol. The summed E-state index contributed by atoms with van der Waals surface area (Å²) in [5, 5.41) is 30.1. The van der Waals surface area contributed by atoms with Gasteiger partial charge >= 0.3 is 12.0 Å². The number of fused-ring (bicyclic) bond motifs is 1. The quantitative estimate of drug-likeness (QED) is 0.147. The van der Waals surface area contributed by atoms with Crippen molar-refractivity contribution in [2.45, 2.75) is 48.7 Å². The molecule has 0 spiro atoms. The van der Waals surface area contributed by atoms with Crippen LogP contribution in [0, 0.1) is 0 Å². The maximum Gasteiger partial charge on any atom is 0.352 e. The predicted octanol–water partition coefficient (Wildman–Crippen LogP) is 1.93. The summed E-state index contributed by atoms with van der Waals surface area (Å²) in [7, 11) is 0. The minimum absolute atomic E-state index is 0.0605. The number of hydrogen-bond donors (Lipinski definition) is 5. The molecule has 4 rings (SSSR count). The molecule has 3 atom stereocenters. The van der Waals surface area contributed by atoms with E-state index in [9.17, 15) is 24.3 Å². The standard InChI is InChI=1S/C22H27N7O5S3/c1-2-3-4-7-23-22(34)26-15(13-6-5-8-35-13)18(30)25-16-19(31)29-17(21(32)33)12(11-37-20(16)29)10-36-14-9-24-28-27-14/h5-6,8-9,15-16,20H,2-4,7,10-11H2,1H3,(H,25,30)(H,32,33)(H2,23,26,34)(H,24,27,28)/t15?,16-,20?/m0/s1. The highest BCUT2D eigenvalue weighted by Gasteiger charge is 2.54. The van der Waals surface area contributed by atoms with Crippen molar-refractivity contribution in [3.63, 3.8) is 0 Å². The largest absolute Gasteiger partial charge is 0.477 e. The molecule has 0 aromatic carbocycles. The molecule has 198 valence electrons. The molecular weight excluding hydrogens is 538 g/mol. The summed E-state index contributed by atoms with van der Waals surface area (Å²) < 4.78 is 0. The first kappa shape index (κ1) is 27.0. The van der Waals surface area contributed by atoms with Gasteiger partial charge in [-0.1, -0.05) is 37.6 Å². The van der Waals surface area contributed by atoms with E-state index in [2.05, 4.69) is 38.3 Å². The highest BCUT2D eigenvalue weighted by molar-refractivity contribution is 8.01. The Morgan fingerprint density at radius 1 is 1.35 bits per heavy atom. The van der Waals surface area contributed by atoms with Crippen molar-refractivity contribution >= 4 is 58.7 Å². The molecule has 0 aliphatic carbocycles. The molecule has 5 N–H and O–H groups in total. The number of aliphatic carboxylic acids is 1. The van der Waals surface area contributed by atoms with Gasteiger partial charge in [0.15, 0.2) is 0 Å². The Hall–Kier alpha value is -3.04. The number of carbonyl (C=O) groups excluding carboxylic acids is 3. The van der Waals surface area contributed by atoms with Gasteiger partial charge < -0.3 is 21.1 Å². The Balaban J connectivity index is 1.41. The average Bonchev–Trinajstić information content (AvgIpc) is 3.61. The number of carboxylic acid groups (broad SMARTS) is 1. The number of unbranched alkanes of at least 4 members (excludes halogenated alkanes) is 2. The van der Waals surface area contributed by atoms with Crippen LogP contribution in [0.15, 0.2) is 40.0 Å². The summed E-state index contributed by atoms with van der Waals surface area (Å²) >= 11 is 4.02. The zero-order valence-electron chi connectivity index (χ0n) is 19.9. The number of carboxylic acids is 1. The van der Waals surface area contributed by atoms with Gasteiger partial charge in [0.2, 0.25) is 5.91 Å². The molecule has 1 fully saturated rings. The second-order valence-corrected chi connectivity index (χ2v) is 11.4. The number of carbonyl (C=O) groups is 4. The van der Waals surface area contributed by atoms with E-state index < -0.39 is 41.3 Å². The number of amides is 4. The van der Waals surface area contributed by atoms with Gasteiger partial charge in [0, 0.05) is 22.9 Å². The van der Waals surface area contributed by atoms with Crippen LogP contribution < -0.4 is 16.0 Å². The van der Waals surface area contributed by atoms with Crippen LogP contribution in [0.2, 0.25) is 0 Å². The molecule has 4 heterocycles. The van der Waals surface area contributed by atoms with Crippen LogP contribution in [0.4, 0.5) is 4.79 Å². The Labute approximate surface area is 225 Å². The third-order valence-electron chi connectivity index (χ3n) is 5.77. The Kier molecular flexibility index (Phi) is 9.10. The molecule has 0 bridgehead atoms. The van der Waals surface area contributed by atoms with E-state index in [4.69, 9.17) is 0 Å². The van der Waals surface area contributed by atoms with Gasteiger partial charge in [-0.05, 0) is 23.4 Å². The molecule has 1 saturated heterocycles. The Morgan fingerprint density at radius 3 is 2.86 bits per heavy atom. The first-order valence-corrected chi connectivity index (χ1v) is 14.6. The molecule has 2 aromatic heterocycles. The lowest BCUT2D eigenvalue weighted by atomic mass is 10.0. The Morgan fingerprint density at radius 2 is 2.19 bits per heavy atom. The van der Waals surface area contributed by atoms with Crippen molar-refractivity contribution in [3.8, 4) is 0 Å². The molecular formula is C22H27N7O5S3. The number of nitrogens with one attached hydrogen (secondary N) is 4. The maximum absolute atomic E-state index is 13.2. The molecule has 2 unspecified atom stereocenters. The van der Waals surface area contributed by atoms with Gasteiger partial charge in [0.1, 0.15) is 28.2 Å². The SMILES string of the molecule is CCCCCNC(=O)NC(C(=O)N[C@H]1C(=O)N2C(C(=O)O)=C(CSc3cn[nH]n3)CSC12)c1cccs1. The summed E-state index contributed by atoms with van der Waals surface area (Å²) in [6.45, 7) is 2.56. The zero-order chi connectivity index (χ0) is 26.4. The third-order valence-corrected chi connectivity index (χ3v) is 9.03. The lowest BCUT2D eigenvalue weighted by Crippen LogP contribution is -2.71. The van der Waals surface area contributed by atoms with Gasteiger partial charge in [-0.2, -0.15) is 10.3 Å². The number of nitrogens with zero attached hydrogens (tertiary/aromatic N) is 3. The fraction of sp³-hybridized carbons (Fsp3) is 0.455.